The molecule has 4 nitrogen and oxygen atoms in total. The number of hydrogen-bond donors (Lipinski definition) is 1. The number of thioether (sulfide) groups is 1. The van der Waals surface area contributed by atoms with Crippen LogP contribution in [-0.4, -0.2) is 31.8 Å². The van der Waals surface area contributed by atoms with E-state index in [0.717, 1.165) is 30.4 Å². The first-order valence-corrected chi connectivity index (χ1v) is 6.88. The lowest BCUT2D eigenvalue weighted by Gasteiger charge is -2.19. The summed E-state index contributed by atoms with van der Waals surface area (Å²) in [6.45, 7) is 10.3. The fourth-order valence-corrected chi connectivity index (χ4v) is 1.77. The number of aromatic nitrogens is 3. The molecule has 5 heteroatoms. The van der Waals surface area contributed by atoms with Crippen LogP contribution in [0.25, 0.3) is 0 Å². The Labute approximate surface area is 102 Å². The van der Waals surface area contributed by atoms with E-state index in [0.29, 0.717) is 0 Å². The molecule has 0 saturated heterocycles. The van der Waals surface area contributed by atoms with Crippen LogP contribution in [0.2, 0.25) is 0 Å². The minimum Gasteiger partial charge on any atom is -0.305 e. The van der Waals surface area contributed by atoms with Crippen molar-refractivity contribution in [3.8, 4) is 0 Å². The molecule has 0 aliphatic rings. The van der Waals surface area contributed by atoms with Crippen molar-refractivity contribution in [3.05, 3.63) is 12.2 Å². The molecule has 0 spiro atoms. The molecule has 0 aliphatic carbocycles. The number of nitrogens with one attached hydrogen (secondary N) is 1. The van der Waals surface area contributed by atoms with Crippen LogP contribution in [0.5, 0.6) is 0 Å². The first-order valence-electron chi connectivity index (χ1n) is 5.72. The highest BCUT2D eigenvalue weighted by Gasteiger charge is 2.10. The standard InChI is InChI=1S/C11H22N4S/c1-5-16-7-6-15-9-12-10(14-15)8-13-11(2,3)4/h9,13H,5-8H2,1-4H3. The third-order valence-corrected chi connectivity index (χ3v) is 2.91. The molecular weight excluding hydrogens is 220 g/mol. The van der Waals surface area contributed by atoms with Crippen LogP contribution in [0.4, 0.5) is 0 Å². The average molecular weight is 242 g/mol. The smallest absolute Gasteiger partial charge is 0.164 e. The Bertz CT molecular complexity index is 303. The van der Waals surface area contributed by atoms with Crippen LogP contribution < -0.4 is 5.32 Å². The zero-order valence-corrected chi connectivity index (χ0v) is 11.5. The highest BCUT2D eigenvalue weighted by atomic mass is 32.2. The number of aryl methyl sites for hydroxylation is 1. The Morgan fingerprint density at radius 3 is 2.81 bits per heavy atom. The SMILES string of the molecule is CCSCCn1cnc(CNC(C)(C)C)n1. The number of hydrogen-bond acceptors (Lipinski definition) is 4. The molecule has 0 aliphatic heterocycles. The van der Waals surface area contributed by atoms with Gasteiger partial charge in [-0.05, 0) is 26.5 Å². The Morgan fingerprint density at radius 1 is 1.44 bits per heavy atom. The van der Waals surface area contributed by atoms with E-state index in [1.807, 2.05) is 22.8 Å². The van der Waals surface area contributed by atoms with Crippen molar-refractivity contribution < 1.29 is 0 Å². The summed E-state index contributed by atoms with van der Waals surface area (Å²) in [4.78, 5) is 4.28. The van der Waals surface area contributed by atoms with Gasteiger partial charge in [-0.15, -0.1) is 0 Å². The maximum absolute atomic E-state index is 4.41. The number of nitrogens with zero attached hydrogens (tertiary/aromatic N) is 3. The fourth-order valence-electron chi connectivity index (χ4n) is 1.17. The topological polar surface area (TPSA) is 42.7 Å². The molecule has 92 valence electrons. The molecule has 0 radical (unpaired) electrons. The van der Waals surface area contributed by atoms with Crippen LogP contribution in [0.3, 0.4) is 0 Å². The van der Waals surface area contributed by atoms with Gasteiger partial charge in [0.2, 0.25) is 0 Å². The summed E-state index contributed by atoms with van der Waals surface area (Å²) in [5.74, 6) is 3.13. The van der Waals surface area contributed by atoms with E-state index < -0.39 is 0 Å². The van der Waals surface area contributed by atoms with Crippen LogP contribution in [0.1, 0.15) is 33.5 Å². The first kappa shape index (κ1) is 13.5. The van der Waals surface area contributed by atoms with Crippen LogP contribution in [0, 0.1) is 0 Å². The van der Waals surface area contributed by atoms with Gasteiger partial charge in [0.1, 0.15) is 6.33 Å². The largest absolute Gasteiger partial charge is 0.305 e. The van der Waals surface area contributed by atoms with Gasteiger partial charge in [-0.3, -0.25) is 4.68 Å². The van der Waals surface area contributed by atoms with Crippen molar-refractivity contribution in [1.29, 1.82) is 0 Å². The second-order valence-corrected chi connectivity index (χ2v) is 6.12. The molecule has 16 heavy (non-hydrogen) atoms. The normalized spacial score (nSPS) is 12.0. The second kappa shape index (κ2) is 6.25. The third-order valence-electron chi connectivity index (χ3n) is 2.03. The van der Waals surface area contributed by atoms with Gasteiger partial charge in [-0.2, -0.15) is 16.9 Å². The van der Waals surface area contributed by atoms with Crippen molar-refractivity contribution in [2.24, 2.45) is 0 Å². The van der Waals surface area contributed by atoms with Crippen molar-refractivity contribution in [3.63, 3.8) is 0 Å². The van der Waals surface area contributed by atoms with E-state index in [1.165, 1.54) is 0 Å². The van der Waals surface area contributed by atoms with E-state index in [4.69, 9.17) is 0 Å². The van der Waals surface area contributed by atoms with E-state index in [-0.39, 0.29) is 5.54 Å². The van der Waals surface area contributed by atoms with Gasteiger partial charge in [0.25, 0.3) is 0 Å². The van der Waals surface area contributed by atoms with Gasteiger partial charge < -0.3 is 5.32 Å². The lowest BCUT2D eigenvalue weighted by atomic mass is 10.1. The van der Waals surface area contributed by atoms with Crippen molar-refractivity contribution >= 4 is 11.8 Å². The number of rotatable bonds is 6. The highest BCUT2D eigenvalue weighted by molar-refractivity contribution is 7.99. The zero-order valence-electron chi connectivity index (χ0n) is 10.7. The Kier molecular flexibility index (Phi) is 5.28. The second-order valence-electron chi connectivity index (χ2n) is 4.72. The molecule has 0 amide bonds. The molecule has 1 rings (SSSR count). The maximum Gasteiger partial charge on any atom is 0.164 e. The Hall–Kier alpha value is -0.550. The maximum atomic E-state index is 4.41. The molecule has 0 bridgehead atoms. The quantitative estimate of drug-likeness (QED) is 0.774. The molecule has 1 N–H and O–H groups in total. The first-order chi connectivity index (χ1) is 7.51. The van der Waals surface area contributed by atoms with Crippen LogP contribution in [-0.2, 0) is 13.1 Å². The average Bonchev–Trinajstić information content (AvgIpc) is 2.62. The molecule has 0 aromatic carbocycles. The van der Waals surface area contributed by atoms with Crippen LogP contribution in [0.15, 0.2) is 6.33 Å². The lowest BCUT2D eigenvalue weighted by Crippen LogP contribution is -2.35. The van der Waals surface area contributed by atoms with Gasteiger partial charge in [-0.1, -0.05) is 6.92 Å². The lowest BCUT2D eigenvalue weighted by molar-refractivity contribution is 0.416. The van der Waals surface area contributed by atoms with Gasteiger partial charge in [0.05, 0.1) is 13.1 Å². The van der Waals surface area contributed by atoms with Gasteiger partial charge in [0.15, 0.2) is 5.82 Å². The summed E-state index contributed by atoms with van der Waals surface area (Å²) in [6.07, 6.45) is 1.82. The Balaban J connectivity index is 2.33. The molecule has 0 unspecified atom stereocenters. The van der Waals surface area contributed by atoms with E-state index in [2.05, 4.69) is 43.1 Å². The molecule has 0 atom stereocenters. The molecule has 1 aromatic heterocycles. The van der Waals surface area contributed by atoms with E-state index >= 15 is 0 Å². The summed E-state index contributed by atoms with van der Waals surface area (Å²) in [5.41, 5.74) is 0.115. The molecule has 1 aromatic rings. The summed E-state index contributed by atoms with van der Waals surface area (Å²) < 4.78 is 1.92. The minimum atomic E-state index is 0.115. The van der Waals surface area contributed by atoms with Gasteiger partial charge >= 0.3 is 0 Å². The van der Waals surface area contributed by atoms with Gasteiger partial charge in [0, 0.05) is 11.3 Å². The molecular formula is C11H22N4S. The summed E-state index contributed by atoms with van der Waals surface area (Å²) in [7, 11) is 0. The predicted octanol–water partition coefficient (Wildman–Crippen LogP) is 1.92. The van der Waals surface area contributed by atoms with Crippen molar-refractivity contribution in [2.45, 2.75) is 46.3 Å². The van der Waals surface area contributed by atoms with Crippen molar-refractivity contribution in [1.82, 2.24) is 20.1 Å². The van der Waals surface area contributed by atoms with Gasteiger partial charge in [-0.25, -0.2) is 4.98 Å². The molecule has 0 fully saturated rings. The predicted molar refractivity (Wildman–Crippen MR) is 69.6 cm³/mol. The monoisotopic (exact) mass is 242 g/mol. The molecule has 1 heterocycles. The summed E-state index contributed by atoms with van der Waals surface area (Å²) >= 11 is 1.93. The minimum absolute atomic E-state index is 0.115. The van der Waals surface area contributed by atoms with Crippen LogP contribution >= 0.6 is 11.8 Å². The Morgan fingerprint density at radius 2 is 2.19 bits per heavy atom. The zero-order chi connectivity index (χ0) is 12.0. The van der Waals surface area contributed by atoms with E-state index in [1.54, 1.807) is 0 Å². The fraction of sp³-hybridized carbons (Fsp3) is 0.818. The van der Waals surface area contributed by atoms with Crippen molar-refractivity contribution in [2.75, 3.05) is 11.5 Å². The molecule has 0 saturated carbocycles. The third kappa shape index (κ3) is 5.51. The summed E-state index contributed by atoms with van der Waals surface area (Å²) in [5, 5.41) is 7.79. The van der Waals surface area contributed by atoms with E-state index in [9.17, 15) is 0 Å². The highest BCUT2D eigenvalue weighted by Crippen LogP contribution is 2.02. The summed E-state index contributed by atoms with van der Waals surface area (Å²) in [6, 6.07) is 0.